The zero-order valence-corrected chi connectivity index (χ0v) is 19.6. The molecule has 4 aromatic rings. The first kappa shape index (κ1) is 23.0. The number of fused-ring (bicyclic) bond motifs is 2. The van der Waals surface area contributed by atoms with Gasteiger partial charge in [0.2, 0.25) is 5.75 Å². The van der Waals surface area contributed by atoms with Crippen LogP contribution in [0.15, 0.2) is 60.8 Å². The fraction of sp³-hybridized carbons (Fsp3) is 0.148. The predicted octanol–water partition coefficient (Wildman–Crippen LogP) is 3.51. The van der Waals surface area contributed by atoms with E-state index >= 15 is 0 Å². The topological polar surface area (TPSA) is 110 Å². The lowest BCUT2D eigenvalue weighted by molar-refractivity contribution is 0.0979. The minimum absolute atomic E-state index is 0.0844. The van der Waals surface area contributed by atoms with E-state index in [1.807, 2.05) is 0 Å². The van der Waals surface area contributed by atoms with Crippen molar-refractivity contribution in [2.24, 2.45) is 0 Å². The zero-order chi connectivity index (χ0) is 25.2. The fourth-order valence-corrected chi connectivity index (χ4v) is 4.17. The third-order valence-electron chi connectivity index (χ3n) is 5.90. The summed E-state index contributed by atoms with van der Waals surface area (Å²) in [7, 11) is 2.95. The molecule has 0 amide bonds. The normalized spacial score (nSPS) is 12.1. The number of carbonyl (C=O) groups is 3. The second kappa shape index (κ2) is 9.46. The van der Waals surface area contributed by atoms with E-state index in [1.54, 1.807) is 65.5 Å². The van der Waals surface area contributed by atoms with E-state index < -0.39 is 0 Å². The second-order valence-electron chi connectivity index (χ2n) is 8.15. The smallest absolute Gasteiger partial charge is 0.203 e. The Hall–Kier alpha value is -4.79. The summed E-state index contributed by atoms with van der Waals surface area (Å²) < 4.78 is 18.1. The maximum absolute atomic E-state index is 13.0. The molecular weight excluding hydrogens is 462 g/mol. The number of aromatic nitrogens is 3. The Morgan fingerprint density at radius 1 is 0.861 bits per heavy atom. The molecule has 1 aromatic heterocycles. The van der Waals surface area contributed by atoms with Gasteiger partial charge in [-0.15, -0.1) is 5.10 Å². The highest BCUT2D eigenvalue weighted by Crippen LogP contribution is 2.38. The maximum atomic E-state index is 13.0. The molecule has 1 heterocycles. The molecule has 1 aliphatic rings. The van der Waals surface area contributed by atoms with Gasteiger partial charge in [0, 0.05) is 27.8 Å². The molecule has 9 nitrogen and oxygen atoms in total. The molecule has 0 atom stereocenters. The van der Waals surface area contributed by atoms with Crippen LogP contribution in [0.1, 0.15) is 53.5 Å². The van der Waals surface area contributed by atoms with Gasteiger partial charge in [-0.3, -0.25) is 14.4 Å². The Morgan fingerprint density at radius 2 is 1.50 bits per heavy atom. The molecule has 0 radical (unpaired) electrons. The Labute approximate surface area is 206 Å². The molecule has 1 aliphatic carbocycles. The molecule has 180 valence electrons. The third kappa shape index (κ3) is 4.11. The molecule has 0 bridgehead atoms. The highest BCUT2D eigenvalue weighted by molar-refractivity contribution is 6.28. The Kier molecular flexibility index (Phi) is 6.03. The molecule has 5 rings (SSSR count). The summed E-state index contributed by atoms with van der Waals surface area (Å²) >= 11 is 0. The van der Waals surface area contributed by atoms with Crippen LogP contribution in [0, 0.1) is 0 Å². The molecule has 0 saturated heterocycles. The summed E-state index contributed by atoms with van der Waals surface area (Å²) in [5.74, 6) is 0.743. The highest BCUT2D eigenvalue weighted by Gasteiger charge is 2.29. The summed E-state index contributed by atoms with van der Waals surface area (Å²) in [6, 6.07) is 15.2. The first-order chi connectivity index (χ1) is 17.5. The van der Waals surface area contributed by atoms with Crippen LogP contribution < -0.4 is 14.2 Å². The van der Waals surface area contributed by atoms with Gasteiger partial charge < -0.3 is 14.2 Å². The lowest BCUT2D eigenvalue weighted by atomic mass is 9.83. The molecule has 3 aromatic carbocycles. The standard InChI is InChI=1S/C27H21N3O6/c1-34-23-10-17(14-31)11-24(35-2)27(23)36-15-18-13-30(29-28-18)12-16-7-8-21-22(9-16)26(33)20-6-4-3-5-19(20)25(21)32/h3-11,13-14H,12,15H2,1-2H3. The predicted molar refractivity (Wildman–Crippen MR) is 128 cm³/mol. The van der Waals surface area contributed by atoms with Gasteiger partial charge in [-0.25, -0.2) is 4.68 Å². The molecule has 36 heavy (non-hydrogen) atoms. The molecule has 0 aliphatic heterocycles. The van der Waals surface area contributed by atoms with Crippen molar-refractivity contribution in [3.05, 3.63) is 99.9 Å². The number of hydrogen-bond acceptors (Lipinski definition) is 8. The molecule has 0 spiro atoms. The third-order valence-corrected chi connectivity index (χ3v) is 5.90. The van der Waals surface area contributed by atoms with Crippen LogP contribution in [-0.2, 0) is 13.2 Å². The van der Waals surface area contributed by atoms with Crippen LogP contribution in [0.5, 0.6) is 17.2 Å². The summed E-state index contributed by atoms with van der Waals surface area (Å²) in [5.41, 5.74) is 3.39. The summed E-state index contributed by atoms with van der Waals surface area (Å²) in [6.45, 7) is 0.436. The number of nitrogens with zero attached hydrogens (tertiary/aromatic N) is 3. The number of aldehydes is 1. The van der Waals surface area contributed by atoms with Crippen LogP contribution in [0.3, 0.4) is 0 Å². The van der Waals surface area contributed by atoms with Gasteiger partial charge in [0.05, 0.1) is 27.0 Å². The van der Waals surface area contributed by atoms with Gasteiger partial charge in [0.15, 0.2) is 23.1 Å². The van der Waals surface area contributed by atoms with Gasteiger partial charge in [-0.05, 0) is 29.8 Å². The van der Waals surface area contributed by atoms with Crippen molar-refractivity contribution >= 4 is 17.9 Å². The molecule has 0 N–H and O–H groups in total. The second-order valence-corrected chi connectivity index (χ2v) is 8.15. The lowest BCUT2D eigenvalue weighted by Crippen LogP contribution is -2.21. The van der Waals surface area contributed by atoms with Crippen molar-refractivity contribution in [2.75, 3.05) is 14.2 Å². The minimum Gasteiger partial charge on any atom is -0.493 e. The Morgan fingerprint density at radius 3 is 2.14 bits per heavy atom. The SMILES string of the molecule is COc1cc(C=O)cc(OC)c1OCc1cn(Cc2ccc3c(c2)C(=O)c2ccccc2C3=O)nn1. The van der Waals surface area contributed by atoms with E-state index in [2.05, 4.69) is 10.3 Å². The van der Waals surface area contributed by atoms with E-state index in [4.69, 9.17) is 14.2 Å². The first-order valence-corrected chi connectivity index (χ1v) is 11.1. The van der Waals surface area contributed by atoms with Crippen LogP contribution in [0.2, 0.25) is 0 Å². The molecular formula is C27H21N3O6. The van der Waals surface area contributed by atoms with Crippen LogP contribution in [-0.4, -0.2) is 47.1 Å². The largest absolute Gasteiger partial charge is 0.493 e. The Balaban J connectivity index is 1.32. The molecule has 0 saturated carbocycles. The zero-order valence-electron chi connectivity index (χ0n) is 19.6. The molecule has 0 fully saturated rings. The van der Waals surface area contributed by atoms with Crippen LogP contribution in [0.25, 0.3) is 0 Å². The van der Waals surface area contributed by atoms with Crippen molar-refractivity contribution in [2.45, 2.75) is 13.2 Å². The van der Waals surface area contributed by atoms with Gasteiger partial charge >= 0.3 is 0 Å². The Bertz CT molecular complexity index is 1480. The van der Waals surface area contributed by atoms with E-state index in [0.717, 1.165) is 5.56 Å². The van der Waals surface area contributed by atoms with Crippen molar-refractivity contribution in [3.8, 4) is 17.2 Å². The van der Waals surface area contributed by atoms with Gasteiger partial charge in [-0.2, -0.15) is 0 Å². The van der Waals surface area contributed by atoms with Crippen molar-refractivity contribution in [1.29, 1.82) is 0 Å². The van der Waals surface area contributed by atoms with Gasteiger partial charge in [0.1, 0.15) is 18.6 Å². The van der Waals surface area contributed by atoms with Crippen LogP contribution >= 0.6 is 0 Å². The highest BCUT2D eigenvalue weighted by atomic mass is 16.5. The maximum Gasteiger partial charge on any atom is 0.203 e. The summed E-state index contributed by atoms with van der Waals surface area (Å²) in [4.78, 5) is 36.9. The van der Waals surface area contributed by atoms with Gasteiger partial charge in [0.25, 0.3) is 0 Å². The number of hydrogen-bond donors (Lipinski definition) is 0. The number of ketones is 2. The number of carbonyl (C=O) groups excluding carboxylic acids is 3. The average Bonchev–Trinajstić information content (AvgIpc) is 3.37. The number of rotatable bonds is 8. The average molecular weight is 483 g/mol. The monoisotopic (exact) mass is 483 g/mol. The van der Waals surface area contributed by atoms with Crippen molar-refractivity contribution < 1.29 is 28.6 Å². The van der Waals surface area contributed by atoms with E-state index in [-0.39, 0.29) is 18.2 Å². The molecule has 9 heteroatoms. The number of ether oxygens (including phenoxy) is 3. The van der Waals surface area contributed by atoms with E-state index in [0.29, 0.717) is 63.6 Å². The summed E-state index contributed by atoms with van der Waals surface area (Å²) in [5, 5.41) is 8.29. The lowest BCUT2D eigenvalue weighted by Gasteiger charge is -2.18. The number of benzene rings is 3. The first-order valence-electron chi connectivity index (χ1n) is 11.1. The van der Waals surface area contributed by atoms with Gasteiger partial charge in [-0.1, -0.05) is 35.5 Å². The molecule has 0 unspecified atom stereocenters. The van der Waals surface area contributed by atoms with Crippen molar-refractivity contribution in [3.63, 3.8) is 0 Å². The quantitative estimate of drug-likeness (QED) is 0.309. The number of methoxy groups -OCH3 is 2. The van der Waals surface area contributed by atoms with Crippen LogP contribution in [0.4, 0.5) is 0 Å². The fourth-order valence-electron chi connectivity index (χ4n) is 4.17. The van der Waals surface area contributed by atoms with E-state index in [1.165, 1.54) is 14.2 Å². The van der Waals surface area contributed by atoms with Crippen molar-refractivity contribution in [1.82, 2.24) is 15.0 Å². The minimum atomic E-state index is -0.168. The summed E-state index contributed by atoms with van der Waals surface area (Å²) in [6.07, 6.45) is 2.42. The van der Waals surface area contributed by atoms with E-state index in [9.17, 15) is 14.4 Å².